The van der Waals surface area contributed by atoms with Crippen LogP contribution in [0.15, 0.2) is 42.5 Å². The molecule has 0 radical (unpaired) electrons. The average Bonchev–Trinajstić information content (AvgIpc) is 2.45. The monoisotopic (exact) mass is 301 g/mol. The highest BCUT2D eigenvalue weighted by molar-refractivity contribution is 7.96. The molecule has 20 heavy (non-hydrogen) atoms. The first kappa shape index (κ1) is 14.7. The van der Waals surface area contributed by atoms with Crippen LogP contribution in [-0.2, 0) is 14.2 Å². The molecule has 0 amide bonds. The van der Waals surface area contributed by atoms with Crippen LogP contribution in [0.5, 0.6) is 5.75 Å². The van der Waals surface area contributed by atoms with Crippen molar-refractivity contribution in [2.45, 2.75) is 5.25 Å². The summed E-state index contributed by atoms with van der Waals surface area (Å²) in [7, 11) is 0. The molecule has 0 saturated heterocycles. The molecule has 0 aromatic heterocycles. The Hall–Kier alpha value is -1.74. The Balaban J connectivity index is 2.13. The van der Waals surface area contributed by atoms with Gasteiger partial charge in [0, 0.05) is 0 Å². The van der Waals surface area contributed by atoms with E-state index in [-0.39, 0.29) is 5.75 Å². The normalized spacial score (nSPS) is 11.6. The third-order valence-electron chi connectivity index (χ3n) is 2.34. The van der Waals surface area contributed by atoms with Gasteiger partial charge in [-0.15, -0.1) is 0 Å². The predicted molar refractivity (Wildman–Crippen MR) is 64.3 cm³/mol. The third-order valence-corrected chi connectivity index (χ3v) is 2.84. The molecule has 0 aliphatic heterocycles. The van der Waals surface area contributed by atoms with Gasteiger partial charge in [-0.25, -0.2) is 4.79 Å². The summed E-state index contributed by atoms with van der Waals surface area (Å²) >= 11 is -0.733. The standard InChI is InChI=1S/C12H8F2O5S/c13-12(14,20-19-18-16)11(15)17-10-6-5-8-3-1-2-4-9(8)7-10/h1-7,16H/p-1. The van der Waals surface area contributed by atoms with Crippen molar-refractivity contribution >= 4 is 28.8 Å². The quantitative estimate of drug-likeness (QED) is 0.277. The summed E-state index contributed by atoms with van der Waals surface area (Å²) in [4.78, 5) is 11.2. The second-order valence-corrected chi connectivity index (χ2v) is 4.45. The molecular formula is C12H7F2O5S-. The average molecular weight is 301 g/mol. The summed E-state index contributed by atoms with van der Waals surface area (Å²) in [5.74, 6) is -1.91. The lowest BCUT2D eigenvalue weighted by molar-refractivity contribution is -0.777. The summed E-state index contributed by atoms with van der Waals surface area (Å²) < 4.78 is 34.3. The van der Waals surface area contributed by atoms with Crippen molar-refractivity contribution in [3.8, 4) is 5.75 Å². The van der Waals surface area contributed by atoms with Crippen LogP contribution in [0.1, 0.15) is 0 Å². The molecule has 0 unspecified atom stereocenters. The Bertz CT molecular complexity index is 620. The minimum absolute atomic E-state index is 0.0444. The van der Waals surface area contributed by atoms with Crippen LogP contribution in [0, 0.1) is 0 Å². The van der Waals surface area contributed by atoms with Crippen molar-refractivity contribution in [3.05, 3.63) is 42.5 Å². The number of alkyl halides is 2. The molecule has 0 aliphatic carbocycles. The molecule has 0 N–H and O–H groups in total. The van der Waals surface area contributed by atoms with Crippen molar-refractivity contribution in [2.75, 3.05) is 0 Å². The number of fused-ring (bicyclic) bond motifs is 1. The maximum Gasteiger partial charge on any atom is 0.416 e. The molecule has 5 nitrogen and oxygen atoms in total. The van der Waals surface area contributed by atoms with Gasteiger partial charge in [0.25, 0.3) is 0 Å². The van der Waals surface area contributed by atoms with Crippen molar-refractivity contribution < 1.29 is 32.9 Å². The van der Waals surface area contributed by atoms with Gasteiger partial charge in [0.1, 0.15) is 17.8 Å². The van der Waals surface area contributed by atoms with Gasteiger partial charge in [0.2, 0.25) is 0 Å². The lowest BCUT2D eigenvalue weighted by Gasteiger charge is -2.14. The first-order chi connectivity index (χ1) is 9.53. The van der Waals surface area contributed by atoms with Crippen molar-refractivity contribution in [1.29, 1.82) is 0 Å². The van der Waals surface area contributed by atoms with E-state index in [1.807, 2.05) is 12.1 Å². The summed E-state index contributed by atoms with van der Waals surface area (Å²) in [6.07, 6.45) is 0. The number of hydrogen-bond acceptors (Lipinski definition) is 6. The number of benzene rings is 2. The number of carbonyl (C=O) groups excluding carboxylic acids is 1. The van der Waals surface area contributed by atoms with E-state index < -0.39 is 23.3 Å². The zero-order valence-corrected chi connectivity index (χ0v) is 10.6. The Morgan fingerprint density at radius 2 is 1.85 bits per heavy atom. The van der Waals surface area contributed by atoms with Crippen LogP contribution in [0.3, 0.4) is 0 Å². The van der Waals surface area contributed by atoms with Gasteiger partial charge in [0.05, 0.1) is 0 Å². The first-order valence-electron chi connectivity index (χ1n) is 5.26. The van der Waals surface area contributed by atoms with E-state index in [4.69, 9.17) is 0 Å². The largest absolute Gasteiger partial charge is 0.691 e. The van der Waals surface area contributed by atoms with Gasteiger partial charge < -0.3 is 9.99 Å². The number of carbonyl (C=O) groups is 1. The Labute approximate surface area is 116 Å². The van der Waals surface area contributed by atoms with E-state index in [2.05, 4.69) is 14.1 Å². The first-order valence-corrected chi connectivity index (χ1v) is 6.00. The molecule has 106 valence electrons. The van der Waals surface area contributed by atoms with Gasteiger partial charge in [-0.2, -0.15) is 13.1 Å². The molecule has 0 fully saturated rings. The molecule has 0 heterocycles. The fourth-order valence-electron chi connectivity index (χ4n) is 1.49. The number of esters is 1. The SMILES string of the molecule is O=C(Oc1ccc2ccccc2c1)C(F)(F)SOO[O-]. The summed E-state index contributed by atoms with van der Waals surface area (Å²) in [5, 5.41) is 9.78. The second-order valence-electron chi connectivity index (χ2n) is 3.63. The maximum absolute atomic E-state index is 13.1. The highest BCUT2D eigenvalue weighted by atomic mass is 32.2. The molecular weight excluding hydrogens is 294 g/mol. The van der Waals surface area contributed by atoms with Crippen LogP contribution < -0.4 is 9.99 Å². The molecule has 2 aromatic carbocycles. The highest BCUT2D eigenvalue weighted by Crippen LogP contribution is 2.32. The van der Waals surface area contributed by atoms with E-state index in [9.17, 15) is 18.8 Å². The van der Waals surface area contributed by atoms with E-state index in [0.29, 0.717) is 0 Å². The molecule has 0 aliphatic rings. The van der Waals surface area contributed by atoms with Gasteiger partial charge in [-0.3, -0.25) is 5.04 Å². The highest BCUT2D eigenvalue weighted by Gasteiger charge is 2.44. The van der Waals surface area contributed by atoms with Crippen molar-refractivity contribution in [2.24, 2.45) is 0 Å². The lowest BCUT2D eigenvalue weighted by atomic mass is 10.1. The van der Waals surface area contributed by atoms with Crippen LogP contribution in [0.4, 0.5) is 8.78 Å². The summed E-state index contributed by atoms with van der Waals surface area (Å²) in [6, 6.07) is 11.6. The number of halogens is 2. The Morgan fingerprint density at radius 1 is 1.15 bits per heavy atom. The van der Waals surface area contributed by atoms with E-state index in [1.54, 1.807) is 18.2 Å². The van der Waals surface area contributed by atoms with Crippen LogP contribution >= 0.6 is 12.0 Å². The molecule has 2 aromatic rings. The van der Waals surface area contributed by atoms with Crippen molar-refractivity contribution in [3.63, 3.8) is 0 Å². The van der Waals surface area contributed by atoms with Gasteiger partial charge in [0.15, 0.2) is 0 Å². The van der Waals surface area contributed by atoms with Crippen LogP contribution in [-0.4, -0.2) is 11.2 Å². The number of hydrogen-bond donors (Lipinski definition) is 0. The lowest BCUT2D eigenvalue weighted by Crippen LogP contribution is -2.30. The van der Waals surface area contributed by atoms with E-state index in [1.165, 1.54) is 12.1 Å². The molecule has 0 spiro atoms. The van der Waals surface area contributed by atoms with Gasteiger partial charge >= 0.3 is 11.2 Å². The van der Waals surface area contributed by atoms with Crippen molar-refractivity contribution in [1.82, 2.24) is 0 Å². The maximum atomic E-state index is 13.1. The smallest absolute Gasteiger partial charge is 0.416 e. The fraction of sp³-hybridized carbons (Fsp3) is 0.0833. The zero-order chi connectivity index (χ0) is 14.6. The van der Waals surface area contributed by atoms with Crippen LogP contribution in [0.25, 0.3) is 10.8 Å². The summed E-state index contributed by atoms with van der Waals surface area (Å²) in [6.45, 7) is 0. The van der Waals surface area contributed by atoms with Crippen LogP contribution in [0.2, 0.25) is 0 Å². The van der Waals surface area contributed by atoms with E-state index >= 15 is 0 Å². The molecule has 0 bridgehead atoms. The Kier molecular flexibility index (Phi) is 4.50. The molecule has 2 rings (SSSR count). The number of ether oxygens (including phenoxy) is 1. The van der Waals surface area contributed by atoms with Gasteiger partial charge in [-0.1, -0.05) is 30.3 Å². The second kappa shape index (κ2) is 6.14. The minimum Gasteiger partial charge on any atom is -0.691 e. The predicted octanol–water partition coefficient (Wildman–Crippen LogP) is 2.21. The number of rotatable bonds is 5. The minimum atomic E-state index is -4.06. The zero-order valence-electron chi connectivity index (χ0n) is 9.75. The van der Waals surface area contributed by atoms with Gasteiger partial charge in [-0.05, 0) is 22.9 Å². The van der Waals surface area contributed by atoms with E-state index in [0.717, 1.165) is 10.8 Å². The Morgan fingerprint density at radius 3 is 2.55 bits per heavy atom. The summed E-state index contributed by atoms with van der Waals surface area (Å²) in [5.41, 5.74) is 0. The third kappa shape index (κ3) is 3.42. The topological polar surface area (TPSA) is 67.8 Å². The fourth-order valence-corrected chi connectivity index (χ4v) is 1.71. The molecule has 0 saturated carbocycles. The molecule has 0 atom stereocenters. The molecule has 8 heteroatoms.